The van der Waals surface area contributed by atoms with E-state index >= 15 is 0 Å². The molecule has 1 saturated heterocycles. The van der Waals surface area contributed by atoms with E-state index in [9.17, 15) is 9.59 Å². The molecule has 0 unspecified atom stereocenters. The van der Waals surface area contributed by atoms with Crippen LogP contribution in [0.1, 0.15) is 61.1 Å². The van der Waals surface area contributed by atoms with E-state index in [0.717, 1.165) is 36.9 Å². The molecule has 3 rings (SSSR count). The summed E-state index contributed by atoms with van der Waals surface area (Å²) in [5.74, 6) is -0.152. The number of carbonyl (C=O) groups excluding carboxylic acids is 1. The highest BCUT2D eigenvalue weighted by atomic mass is 16.5. The predicted molar refractivity (Wildman–Crippen MR) is 86.6 cm³/mol. The number of aromatic amines is 1. The minimum atomic E-state index is -0.372. The van der Waals surface area contributed by atoms with E-state index in [1.54, 1.807) is 0 Å². The van der Waals surface area contributed by atoms with Gasteiger partial charge >= 0.3 is 0 Å². The smallest absolute Gasteiger partial charge is 0.277 e. The van der Waals surface area contributed by atoms with Gasteiger partial charge in [0.15, 0.2) is 0 Å². The Kier molecular flexibility index (Phi) is 4.80. The Hall–Kier alpha value is -1.69. The van der Waals surface area contributed by atoms with Crippen LogP contribution in [0.2, 0.25) is 0 Å². The van der Waals surface area contributed by atoms with E-state index in [1.807, 2.05) is 18.7 Å². The van der Waals surface area contributed by atoms with Crippen molar-refractivity contribution in [2.75, 3.05) is 13.2 Å². The van der Waals surface area contributed by atoms with Gasteiger partial charge in [-0.2, -0.15) is 5.10 Å². The van der Waals surface area contributed by atoms with Crippen LogP contribution in [0, 0.1) is 0 Å². The Balaban J connectivity index is 1.98. The molecule has 23 heavy (non-hydrogen) atoms. The van der Waals surface area contributed by atoms with Gasteiger partial charge in [-0.15, -0.1) is 0 Å². The fourth-order valence-electron chi connectivity index (χ4n) is 3.91. The van der Waals surface area contributed by atoms with Crippen LogP contribution in [-0.4, -0.2) is 46.3 Å². The van der Waals surface area contributed by atoms with Gasteiger partial charge in [0.05, 0.1) is 24.4 Å². The topological polar surface area (TPSA) is 75.3 Å². The number of nitrogens with zero attached hydrogens (tertiary/aromatic N) is 2. The number of amides is 1. The second-order valence-corrected chi connectivity index (χ2v) is 6.32. The predicted octanol–water partition coefficient (Wildman–Crippen LogP) is 1.68. The molecule has 2 atom stereocenters. The highest BCUT2D eigenvalue weighted by Gasteiger charge is 2.38. The minimum Gasteiger partial charge on any atom is -0.374 e. The Morgan fingerprint density at radius 3 is 2.83 bits per heavy atom. The van der Waals surface area contributed by atoms with Gasteiger partial charge in [-0.05, 0) is 31.2 Å². The zero-order valence-electron chi connectivity index (χ0n) is 13.9. The number of aryl methyl sites for hydroxylation is 1. The normalized spacial score (nSPS) is 24.3. The summed E-state index contributed by atoms with van der Waals surface area (Å²) < 4.78 is 5.84. The third kappa shape index (κ3) is 2.92. The third-order valence-corrected chi connectivity index (χ3v) is 5.06. The fourth-order valence-corrected chi connectivity index (χ4v) is 3.91. The van der Waals surface area contributed by atoms with Gasteiger partial charge < -0.3 is 9.64 Å². The first kappa shape index (κ1) is 16.2. The maximum atomic E-state index is 13.1. The third-order valence-electron chi connectivity index (χ3n) is 5.06. The molecule has 1 aromatic heterocycles. The summed E-state index contributed by atoms with van der Waals surface area (Å²) in [4.78, 5) is 27.3. The van der Waals surface area contributed by atoms with Gasteiger partial charge in [-0.25, -0.2) is 5.10 Å². The summed E-state index contributed by atoms with van der Waals surface area (Å²) in [6, 6.07) is 0.104. The maximum Gasteiger partial charge on any atom is 0.277 e. The number of hydrogen-bond donors (Lipinski definition) is 1. The summed E-state index contributed by atoms with van der Waals surface area (Å²) in [5.41, 5.74) is 1.51. The number of nitrogens with one attached hydrogen (secondary N) is 1. The van der Waals surface area contributed by atoms with E-state index < -0.39 is 0 Å². The summed E-state index contributed by atoms with van der Waals surface area (Å²) in [6.07, 6.45) is 5.69. The Morgan fingerprint density at radius 2 is 2.09 bits per heavy atom. The van der Waals surface area contributed by atoms with Gasteiger partial charge in [0.1, 0.15) is 5.56 Å². The number of H-pyrrole nitrogens is 1. The van der Waals surface area contributed by atoms with E-state index in [1.165, 1.54) is 0 Å². The van der Waals surface area contributed by atoms with Gasteiger partial charge in [0, 0.05) is 6.54 Å². The first-order chi connectivity index (χ1) is 11.2. The Labute approximate surface area is 136 Å². The standard InChI is InChI=1S/C17H25N3O3/c1-3-11-12(4-2)18-19-16(21)15(11)17(22)20-9-10-23-14-8-6-5-7-13(14)20/h13-14H,3-10H2,1-2H3,(H,19,21)/t13-,14-/m1/s1. The lowest BCUT2D eigenvalue weighted by Gasteiger charge is -2.43. The van der Waals surface area contributed by atoms with Gasteiger partial charge in [0.25, 0.3) is 11.5 Å². The number of carbonyl (C=O) groups is 1. The summed E-state index contributed by atoms with van der Waals surface area (Å²) in [6.45, 7) is 5.07. The van der Waals surface area contributed by atoms with E-state index in [-0.39, 0.29) is 29.2 Å². The van der Waals surface area contributed by atoms with E-state index in [0.29, 0.717) is 26.0 Å². The Morgan fingerprint density at radius 1 is 1.30 bits per heavy atom. The van der Waals surface area contributed by atoms with Crippen molar-refractivity contribution in [3.8, 4) is 0 Å². The molecule has 1 saturated carbocycles. The molecule has 2 heterocycles. The SMILES string of the molecule is CCc1n[nH]c(=O)c(C(=O)N2CCO[C@@H]3CCCC[C@H]32)c1CC. The van der Waals surface area contributed by atoms with Crippen molar-refractivity contribution in [1.29, 1.82) is 0 Å². The van der Waals surface area contributed by atoms with Crippen molar-refractivity contribution in [2.24, 2.45) is 0 Å². The first-order valence-electron chi connectivity index (χ1n) is 8.70. The average Bonchev–Trinajstić information content (AvgIpc) is 2.60. The molecule has 1 N–H and O–H groups in total. The molecular weight excluding hydrogens is 294 g/mol. The number of fused-ring (bicyclic) bond motifs is 1. The molecule has 1 amide bonds. The van der Waals surface area contributed by atoms with Crippen LogP contribution in [0.3, 0.4) is 0 Å². The van der Waals surface area contributed by atoms with Crippen LogP contribution in [0.4, 0.5) is 0 Å². The molecule has 6 heteroatoms. The van der Waals surface area contributed by atoms with Crippen LogP contribution >= 0.6 is 0 Å². The fraction of sp³-hybridized carbons (Fsp3) is 0.706. The highest BCUT2D eigenvalue weighted by molar-refractivity contribution is 5.95. The lowest BCUT2D eigenvalue weighted by Crippen LogP contribution is -2.55. The highest BCUT2D eigenvalue weighted by Crippen LogP contribution is 2.29. The molecule has 2 aliphatic rings. The second kappa shape index (κ2) is 6.83. The van der Waals surface area contributed by atoms with Crippen molar-refractivity contribution in [3.63, 3.8) is 0 Å². The molecule has 0 bridgehead atoms. The van der Waals surface area contributed by atoms with E-state index in [4.69, 9.17) is 4.74 Å². The Bertz CT molecular complexity index is 638. The van der Waals surface area contributed by atoms with Gasteiger partial charge in [-0.1, -0.05) is 26.7 Å². The molecule has 6 nitrogen and oxygen atoms in total. The lowest BCUT2D eigenvalue weighted by atomic mass is 9.89. The monoisotopic (exact) mass is 319 g/mol. The lowest BCUT2D eigenvalue weighted by molar-refractivity contribution is -0.0753. The van der Waals surface area contributed by atoms with Gasteiger partial charge in [0.2, 0.25) is 0 Å². The van der Waals surface area contributed by atoms with Crippen molar-refractivity contribution in [3.05, 3.63) is 27.2 Å². The molecule has 1 aliphatic heterocycles. The molecule has 126 valence electrons. The zero-order valence-corrected chi connectivity index (χ0v) is 13.9. The summed E-state index contributed by atoms with van der Waals surface area (Å²) in [5, 5.41) is 6.61. The molecule has 1 aromatic rings. The van der Waals surface area contributed by atoms with Crippen molar-refractivity contribution >= 4 is 5.91 Å². The zero-order chi connectivity index (χ0) is 16.4. The second-order valence-electron chi connectivity index (χ2n) is 6.32. The van der Waals surface area contributed by atoms with Crippen LogP contribution < -0.4 is 5.56 Å². The number of hydrogen-bond acceptors (Lipinski definition) is 4. The largest absolute Gasteiger partial charge is 0.374 e. The minimum absolute atomic E-state index is 0.104. The molecular formula is C17H25N3O3. The van der Waals surface area contributed by atoms with E-state index in [2.05, 4.69) is 10.2 Å². The van der Waals surface area contributed by atoms with Crippen LogP contribution in [0.15, 0.2) is 4.79 Å². The molecule has 0 radical (unpaired) electrons. The summed E-state index contributed by atoms with van der Waals surface area (Å²) in [7, 11) is 0. The van der Waals surface area contributed by atoms with Gasteiger partial charge in [-0.3, -0.25) is 9.59 Å². The van der Waals surface area contributed by atoms with Crippen molar-refractivity contribution in [2.45, 2.75) is 64.5 Å². The molecule has 0 spiro atoms. The number of aromatic nitrogens is 2. The quantitative estimate of drug-likeness (QED) is 0.920. The molecule has 1 aliphatic carbocycles. The number of ether oxygens (including phenoxy) is 1. The summed E-state index contributed by atoms with van der Waals surface area (Å²) >= 11 is 0. The maximum absolute atomic E-state index is 13.1. The van der Waals surface area contributed by atoms with Crippen molar-refractivity contribution < 1.29 is 9.53 Å². The molecule has 0 aromatic carbocycles. The number of morpholine rings is 1. The van der Waals surface area contributed by atoms with Crippen molar-refractivity contribution in [1.82, 2.24) is 15.1 Å². The van der Waals surface area contributed by atoms with Crippen LogP contribution in [-0.2, 0) is 17.6 Å². The number of rotatable bonds is 3. The molecule has 2 fully saturated rings. The first-order valence-corrected chi connectivity index (χ1v) is 8.70. The van der Waals surface area contributed by atoms with Crippen LogP contribution in [0.5, 0.6) is 0 Å². The van der Waals surface area contributed by atoms with Crippen LogP contribution in [0.25, 0.3) is 0 Å². The average molecular weight is 319 g/mol.